The Bertz CT molecular complexity index is 988. The number of imidazole rings is 1. The zero-order valence-electron chi connectivity index (χ0n) is 14.1. The monoisotopic (exact) mass is 352 g/mol. The number of aromatic nitrogens is 3. The van der Waals surface area contributed by atoms with Crippen LogP contribution in [-0.4, -0.2) is 32.9 Å². The van der Waals surface area contributed by atoms with Crippen molar-refractivity contribution in [2.75, 3.05) is 18.5 Å². The van der Waals surface area contributed by atoms with Crippen LogP contribution in [0, 0.1) is 6.92 Å². The molecule has 0 radical (unpaired) electrons. The quantitative estimate of drug-likeness (QED) is 0.513. The van der Waals surface area contributed by atoms with E-state index < -0.39 is 0 Å². The smallest absolute Gasteiger partial charge is 0.154 e. The highest BCUT2D eigenvalue weighted by atomic mass is 32.1. The van der Waals surface area contributed by atoms with Crippen molar-refractivity contribution < 1.29 is 5.11 Å². The molecule has 6 heteroatoms. The Balaban J connectivity index is 1.73. The van der Waals surface area contributed by atoms with Crippen molar-refractivity contribution in [1.82, 2.24) is 14.6 Å². The molecule has 0 aliphatic heterocycles. The first-order valence-corrected chi connectivity index (χ1v) is 9.28. The number of unbranched alkanes of at least 4 members (excludes halogenated alkanes) is 1. The largest absolute Gasteiger partial charge is 0.396 e. The average molecular weight is 352 g/mol. The summed E-state index contributed by atoms with van der Waals surface area (Å²) in [5.41, 5.74) is 2.89. The lowest BCUT2D eigenvalue weighted by Gasteiger charge is -2.06. The first kappa shape index (κ1) is 16.1. The first-order valence-electron chi connectivity index (χ1n) is 8.46. The van der Waals surface area contributed by atoms with E-state index in [1.165, 1.54) is 15.0 Å². The molecule has 0 atom stereocenters. The van der Waals surface area contributed by atoms with Crippen molar-refractivity contribution >= 4 is 32.9 Å². The molecule has 0 unspecified atom stereocenters. The molecule has 3 heterocycles. The minimum Gasteiger partial charge on any atom is -0.396 e. The number of hydrogen-bond donors (Lipinski definition) is 2. The summed E-state index contributed by atoms with van der Waals surface area (Å²) in [4.78, 5) is 5.83. The van der Waals surface area contributed by atoms with E-state index in [1.807, 2.05) is 23.6 Å². The normalized spacial score (nSPS) is 11.4. The highest BCUT2D eigenvalue weighted by molar-refractivity contribution is 7.22. The number of nitrogens with zero attached hydrogens (tertiary/aromatic N) is 3. The van der Waals surface area contributed by atoms with E-state index in [4.69, 9.17) is 10.2 Å². The number of fused-ring (bicyclic) bond motifs is 2. The van der Waals surface area contributed by atoms with Gasteiger partial charge in [0.15, 0.2) is 5.65 Å². The number of anilines is 1. The number of nitrogens with one attached hydrogen (secondary N) is 1. The minimum absolute atomic E-state index is 0.227. The van der Waals surface area contributed by atoms with Crippen LogP contribution >= 0.6 is 11.3 Å². The summed E-state index contributed by atoms with van der Waals surface area (Å²) in [6.45, 7) is 3.05. The van der Waals surface area contributed by atoms with Gasteiger partial charge in [0.2, 0.25) is 0 Å². The SMILES string of the molecule is Cc1nc2ccc(NCCCCO)nn2c1-c1cc2ccccc2s1. The van der Waals surface area contributed by atoms with Gasteiger partial charge in [-0.3, -0.25) is 0 Å². The second-order valence-electron chi connectivity index (χ2n) is 6.04. The van der Waals surface area contributed by atoms with Crippen LogP contribution in [0.5, 0.6) is 0 Å². The molecular formula is C19H20N4OS. The van der Waals surface area contributed by atoms with Crippen LogP contribution in [0.15, 0.2) is 42.5 Å². The van der Waals surface area contributed by atoms with Crippen molar-refractivity contribution in [3.8, 4) is 10.6 Å². The summed E-state index contributed by atoms with van der Waals surface area (Å²) in [5, 5.41) is 18.2. The highest BCUT2D eigenvalue weighted by Crippen LogP contribution is 2.35. The second-order valence-corrected chi connectivity index (χ2v) is 7.12. The summed E-state index contributed by atoms with van der Waals surface area (Å²) in [6.07, 6.45) is 1.72. The predicted octanol–water partition coefficient (Wildman–Crippen LogP) is 4.10. The van der Waals surface area contributed by atoms with Crippen molar-refractivity contribution in [2.24, 2.45) is 0 Å². The Morgan fingerprint density at radius 2 is 2.04 bits per heavy atom. The van der Waals surface area contributed by atoms with Crippen LogP contribution < -0.4 is 5.32 Å². The topological polar surface area (TPSA) is 62.5 Å². The lowest BCUT2D eigenvalue weighted by molar-refractivity contribution is 0.286. The van der Waals surface area contributed by atoms with Crippen LogP contribution in [-0.2, 0) is 0 Å². The Morgan fingerprint density at radius 1 is 1.16 bits per heavy atom. The molecule has 0 fully saturated rings. The van der Waals surface area contributed by atoms with Gasteiger partial charge in [-0.05, 0) is 49.4 Å². The van der Waals surface area contributed by atoms with E-state index in [1.54, 1.807) is 11.3 Å². The molecule has 0 aliphatic carbocycles. The van der Waals surface area contributed by atoms with Gasteiger partial charge in [0, 0.05) is 17.9 Å². The minimum atomic E-state index is 0.227. The molecule has 25 heavy (non-hydrogen) atoms. The van der Waals surface area contributed by atoms with Crippen molar-refractivity contribution in [3.05, 3.63) is 48.2 Å². The van der Waals surface area contributed by atoms with Crippen molar-refractivity contribution in [1.29, 1.82) is 0 Å². The van der Waals surface area contributed by atoms with E-state index in [0.29, 0.717) is 0 Å². The van der Waals surface area contributed by atoms with Gasteiger partial charge in [-0.15, -0.1) is 16.4 Å². The molecule has 3 aromatic heterocycles. The van der Waals surface area contributed by atoms with Crippen LogP contribution in [0.4, 0.5) is 5.82 Å². The van der Waals surface area contributed by atoms with E-state index in [0.717, 1.165) is 42.2 Å². The fourth-order valence-corrected chi connectivity index (χ4v) is 4.12. The molecule has 0 spiro atoms. The summed E-state index contributed by atoms with van der Waals surface area (Å²) in [5.74, 6) is 0.824. The molecular weight excluding hydrogens is 332 g/mol. The maximum Gasteiger partial charge on any atom is 0.154 e. The van der Waals surface area contributed by atoms with E-state index in [9.17, 15) is 0 Å². The molecule has 4 aromatic rings. The van der Waals surface area contributed by atoms with Gasteiger partial charge >= 0.3 is 0 Å². The molecule has 4 rings (SSSR count). The molecule has 0 amide bonds. The lowest BCUT2D eigenvalue weighted by atomic mass is 10.2. The third-order valence-corrected chi connectivity index (χ3v) is 5.32. The zero-order chi connectivity index (χ0) is 17.2. The van der Waals surface area contributed by atoms with E-state index >= 15 is 0 Å². The van der Waals surface area contributed by atoms with Gasteiger partial charge in [0.25, 0.3) is 0 Å². The molecule has 0 aliphatic rings. The zero-order valence-corrected chi connectivity index (χ0v) is 14.9. The summed E-state index contributed by atoms with van der Waals surface area (Å²) >= 11 is 1.77. The van der Waals surface area contributed by atoms with Crippen LogP contribution in [0.25, 0.3) is 26.3 Å². The fraction of sp³-hybridized carbons (Fsp3) is 0.263. The Hall–Kier alpha value is -2.44. The number of aliphatic hydroxyl groups excluding tert-OH is 1. The van der Waals surface area contributed by atoms with Crippen LogP contribution in [0.2, 0.25) is 0 Å². The van der Waals surface area contributed by atoms with E-state index in [-0.39, 0.29) is 6.61 Å². The molecule has 1 aromatic carbocycles. The molecule has 128 valence electrons. The van der Waals surface area contributed by atoms with Crippen LogP contribution in [0.1, 0.15) is 18.5 Å². The summed E-state index contributed by atoms with van der Waals surface area (Å²) in [6, 6.07) is 14.6. The Kier molecular flexibility index (Phi) is 4.38. The van der Waals surface area contributed by atoms with Gasteiger partial charge in [-0.25, -0.2) is 9.50 Å². The fourth-order valence-electron chi connectivity index (χ4n) is 2.97. The van der Waals surface area contributed by atoms with Gasteiger partial charge in [-0.2, -0.15) is 0 Å². The number of hydrogen-bond acceptors (Lipinski definition) is 5. The van der Waals surface area contributed by atoms with E-state index in [2.05, 4.69) is 40.6 Å². The molecule has 5 nitrogen and oxygen atoms in total. The van der Waals surface area contributed by atoms with Gasteiger partial charge in [-0.1, -0.05) is 18.2 Å². The standard InChI is InChI=1S/C19H20N4OS/c1-13-19(16-12-14-6-2-3-7-15(14)25-16)23-18(21-13)9-8-17(22-23)20-10-4-5-11-24/h2-3,6-9,12,24H,4-5,10-11H2,1H3,(H,20,22). The van der Waals surface area contributed by atoms with Gasteiger partial charge in [0.1, 0.15) is 11.5 Å². The highest BCUT2D eigenvalue weighted by Gasteiger charge is 2.15. The number of aryl methyl sites for hydroxylation is 1. The molecule has 0 bridgehead atoms. The van der Waals surface area contributed by atoms with Gasteiger partial charge < -0.3 is 10.4 Å². The first-order chi connectivity index (χ1) is 12.3. The number of aliphatic hydroxyl groups is 1. The van der Waals surface area contributed by atoms with Crippen molar-refractivity contribution in [3.63, 3.8) is 0 Å². The average Bonchev–Trinajstić information content (AvgIpc) is 3.17. The maximum atomic E-state index is 8.88. The third kappa shape index (κ3) is 3.10. The Morgan fingerprint density at radius 3 is 2.88 bits per heavy atom. The van der Waals surface area contributed by atoms with Crippen LogP contribution in [0.3, 0.4) is 0 Å². The summed E-state index contributed by atoms with van der Waals surface area (Å²) < 4.78 is 3.19. The molecule has 0 saturated carbocycles. The third-order valence-electron chi connectivity index (χ3n) is 4.20. The van der Waals surface area contributed by atoms with Gasteiger partial charge in [0.05, 0.1) is 10.6 Å². The maximum absolute atomic E-state index is 8.88. The van der Waals surface area contributed by atoms with Crippen molar-refractivity contribution in [2.45, 2.75) is 19.8 Å². The second kappa shape index (κ2) is 6.82. The molecule has 2 N–H and O–H groups in total. The predicted molar refractivity (Wildman–Crippen MR) is 103 cm³/mol. The number of benzene rings is 1. The number of thiophene rings is 1. The Labute approximate surface area is 150 Å². The number of rotatable bonds is 6. The summed E-state index contributed by atoms with van der Waals surface area (Å²) in [7, 11) is 0. The lowest BCUT2D eigenvalue weighted by Crippen LogP contribution is -2.06. The molecule has 0 saturated heterocycles.